The normalized spacial score (nSPS) is 12.0. The van der Waals surface area contributed by atoms with E-state index in [2.05, 4.69) is 224 Å². The zero-order valence-corrected chi connectivity index (χ0v) is 52.8. The molecule has 0 aliphatic rings. The van der Waals surface area contributed by atoms with Crippen molar-refractivity contribution in [2.45, 2.75) is 105 Å². The van der Waals surface area contributed by atoms with Crippen molar-refractivity contribution in [1.29, 1.82) is 15.8 Å². The van der Waals surface area contributed by atoms with Gasteiger partial charge in [0.2, 0.25) is 0 Å². The molecule has 0 N–H and O–H groups in total. The molecule has 8 nitrogen and oxygen atoms in total. The molecule has 0 aliphatic heterocycles. The van der Waals surface area contributed by atoms with Crippen LogP contribution in [-0.4, -0.2) is 24.1 Å². The largest absolute Gasteiger partial charge is 0.309 e. The molecule has 10 aromatic carbocycles. The van der Waals surface area contributed by atoms with Crippen LogP contribution in [0.2, 0.25) is 0 Å². The zero-order chi connectivity index (χ0) is 62.8. The number of unbranched alkanes of at least 4 members (excludes halogenated alkanes) is 1. The van der Waals surface area contributed by atoms with Crippen molar-refractivity contribution in [2.24, 2.45) is 0 Å². The van der Waals surface area contributed by atoms with Crippen LogP contribution in [-0.2, 0) is 22.7 Å². The number of hydrogen-bond donors (Lipinski definition) is 0. The summed E-state index contributed by atoms with van der Waals surface area (Å²) in [6.07, 6.45) is 3.20. The van der Waals surface area contributed by atoms with E-state index in [-0.39, 0.29) is 16.2 Å². The van der Waals surface area contributed by atoms with Gasteiger partial charge in [0.1, 0.15) is 0 Å². The van der Waals surface area contributed by atoms with Gasteiger partial charge in [0, 0.05) is 49.4 Å². The number of aryl methyl sites for hydroxylation is 1. The second-order valence-electron chi connectivity index (χ2n) is 27.0. The standard InChI is InChI=1S/C82H70N8/c1-11-12-18-51-27-35-71-67(42-51)68-45-60(80(2,3)4)30-36-72(68)89(71)75-43-58(28-33-64(75)56-23-16-20-53(40-56)49-84)77-86-78(88-79(87-77)66-26-14-13-25-63(66)55-22-15-19-52(39-55)48-83)59-29-34-65(57-24-17-21-54(41-57)50-85)76(44-59)90-73-37-31-61(81(5,6)7)46-69(73)70-47-62(82(8,9)10)32-38-74(70)90/h13-17,19-47H,11-12,18H2,1-10H3. The van der Waals surface area contributed by atoms with Gasteiger partial charge in [-0.1, -0.05) is 185 Å². The van der Waals surface area contributed by atoms with Gasteiger partial charge in [-0.25, -0.2) is 15.0 Å². The first-order valence-corrected chi connectivity index (χ1v) is 31.1. The van der Waals surface area contributed by atoms with Crippen molar-refractivity contribution in [3.05, 3.63) is 245 Å². The Labute approximate surface area is 527 Å². The molecule has 0 fully saturated rings. The molecule has 438 valence electrons. The van der Waals surface area contributed by atoms with E-state index >= 15 is 0 Å². The molecule has 0 atom stereocenters. The van der Waals surface area contributed by atoms with Gasteiger partial charge < -0.3 is 9.13 Å². The number of benzene rings is 10. The zero-order valence-electron chi connectivity index (χ0n) is 52.8. The number of rotatable bonds is 11. The summed E-state index contributed by atoms with van der Waals surface area (Å²) in [6, 6.07) is 79.0. The molecule has 13 aromatic rings. The Morgan fingerprint density at radius 2 is 0.722 bits per heavy atom. The number of hydrogen-bond acceptors (Lipinski definition) is 6. The Morgan fingerprint density at radius 3 is 1.12 bits per heavy atom. The van der Waals surface area contributed by atoms with Gasteiger partial charge in [-0.05, 0) is 171 Å². The second-order valence-corrected chi connectivity index (χ2v) is 27.0. The fourth-order valence-electron chi connectivity index (χ4n) is 12.7. The van der Waals surface area contributed by atoms with E-state index in [1.54, 1.807) is 0 Å². The molecule has 8 heteroatoms. The van der Waals surface area contributed by atoms with E-state index in [9.17, 15) is 15.8 Å². The maximum absolute atomic E-state index is 10.3. The first-order chi connectivity index (χ1) is 43.3. The topological polar surface area (TPSA) is 120 Å². The second kappa shape index (κ2) is 22.8. The fourth-order valence-corrected chi connectivity index (χ4v) is 12.7. The lowest BCUT2D eigenvalue weighted by Gasteiger charge is -2.20. The maximum atomic E-state index is 10.3. The third-order valence-corrected chi connectivity index (χ3v) is 17.7. The van der Waals surface area contributed by atoms with Crippen molar-refractivity contribution in [3.63, 3.8) is 0 Å². The molecule has 0 bridgehead atoms. The monoisotopic (exact) mass is 1170 g/mol. The lowest BCUT2D eigenvalue weighted by atomic mass is 9.85. The number of nitrogens with zero attached hydrogens (tertiary/aromatic N) is 8. The molecule has 0 aliphatic carbocycles. The average Bonchev–Trinajstić information content (AvgIpc) is 1.57. The van der Waals surface area contributed by atoms with Crippen molar-refractivity contribution >= 4 is 43.6 Å². The van der Waals surface area contributed by atoms with Crippen LogP contribution < -0.4 is 0 Å². The first kappa shape index (κ1) is 58.3. The molecule has 0 amide bonds. The smallest absolute Gasteiger partial charge is 0.164 e. The van der Waals surface area contributed by atoms with Crippen LogP contribution in [0.1, 0.15) is 121 Å². The van der Waals surface area contributed by atoms with Gasteiger partial charge in [-0.15, -0.1) is 0 Å². The minimum Gasteiger partial charge on any atom is -0.309 e. The van der Waals surface area contributed by atoms with Gasteiger partial charge in [0.05, 0.1) is 68.3 Å². The molecule has 90 heavy (non-hydrogen) atoms. The summed E-state index contributed by atoms with van der Waals surface area (Å²) in [7, 11) is 0. The average molecular weight is 1170 g/mol. The van der Waals surface area contributed by atoms with Crippen LogP contribution in [0.5, 0.6) is 0 Å². The minimum absolute atomic E-state index is 0.0875. The van der Waals surface area contributed by atoms with E-state index in [1.165, 1.54) is 33.0 Å². The fraction of sp³-hybridized carbons (Fsp3) is 0.195. The Bertz CT molecular complexity index is 5090. The van der Waals surface area contributed by atoms with Crippen LogP contribution in [0.25, 0.3) is 123 Å². The highest BCUT2D eigenvalue weighted by molar-refractivity contribution is 6.12. The van der Waals surface area contributed by atoms with E-state index in [1.807, 2.05) is 78.9 Å². The summed E-state index contributed by atoms with van der Waals surface area (Å²) in [5.41, 5.74) is 20.2. The predicted octanol–water partition coefficient (Wildman–Crippen LogP) is 20.9. The van der Waals surface area contributed by atoms with Gasteiger partial charge >= 0.3 is 0 Å². The molecular weight excluding hydrogens is 1100 g/mol. The first-order valence-electron chi connectivity index (χ1n) is 31.1. The molecule has 3 heterocycles. The summed E-state index contributed by atoms with van der Waals surface area (Å²) < 4.78 is 4.75. The van der Waals surface area contributed by atoms with Crippen molar-refractivity contribution in [3.8, 4) is 97.1 Å². The molecule has 3 aromatic heterocycles. The number of fused-ring (bicyclic) bond motifs is 6. The Hall–Kier alpha value is -10.7. The van der Waals surface area contributed by atoms with Gasteiger partial charge in [0.25, 0.3) is 0 Å². The van der Waals surface area contributed by atoms with Crippen LogP contribution in [0.15, 0.2) is 206 Å². The number of aromatic nitrogens is 5. The summed E-state index contributed by atoms with van der Waals surface area (Å²) in [4.78, 5) is 16.6. The van der Waals surface area contributed by atoms with E-state index < -0.39 is 0 Å². The Kier molecular flexibility index (Phi) is 14.8. The molecule has 0 spiro atoms. The van der Waals surface area contributed by atoms with Crippen LogP contribution in [0, 0.1) is 34.0 Å². The van der Waals surface area contributed by atoms with Crippen molar-refractivity contribution < 1.29 is 0 Å². The lowest BCUT2D eigenvalue weighted by Crippen LogP contribution is -2.10. The van der Waals surface area contributed by atoms with E-state index in [4.69, 9.17) is 15.0 Å². The predicted molar refractivity (Wildman–Crippen MR) is 370 cm³/mol. The van der Waals surface area contributed by atoms with Crippen molar-refractivity contribution in [2.75, 3.05) is 0 Å². The summed E-state index contributed by atoms with van der Waals surface area (Å²) in [6.45, 7) is 22.6. The highest BCUT2D eigenvalue weighted by Crippen LogP contribution is 2.44. The van der Waals surface area contributed by atoms with Crippen LogP contribution in [0.4, 0.5) is 0 Å². The Balaban J connectivity index is 1.11. The van der Waals surface area contributed by atoms with Crippen LogP contribution >= 0.6 is 0 Å². The van der Waals surface area contributed by atoms with Gasteiger partial charge in [-0.2, -0.15) is 15.8 Å². The molecule has 0 radical (unpaired) electrons. The van der Waals surface area contributed by atoms with Crippen molar-refractivity contribution in [1.82, 2.24) is 24.1 Å². The molecular formula is C82H70N8. The minimum atomic E-state index is -0.0978. The van der Waals surface area contributed by atoms with Gasteiger partial charge in [0.15, 0.2) is 17.5 Å². The van der Waals surface area contributed by atoms with Crippen LogP contribution in [0.3, 0.4) is 0 Å². The highest BCUT2D eigenvalue weighted by atomic mass is 15.0. The molecule has 13 rings (SSSR count). The molecule has 0 saturated carbocycles. The quantitative estimate of drug-likeness (QED) is 0.127. The Morgan fingerprint density at radius 1 is 0.344 bits per heavy atom. The third kappa shape index (κ3) is 10.8. The van der Waals surface area contributed by atoms with E-state index in [0.717, 1.165) is 114 Å². The SMILES string of the molecule is CCCCc1ccc2c(c1)c1cc(C(C)(C)C)ccc1n2-c1cc(-c2nc(-c3ccc(-c4cccc(C#N)c4)c(-n4c5ccc(C(C)(C)C)cc5c5cc(C(C)(C)C)ccc54)c3)nc(-c3ccccc3-c3cccc(C#N)c3)n2)ccc1-c1cccc(C#N)c1. The number of nitriles is 3. The molecule has 0 unspecified atom stereocenters. The van der Waals surface area contributed by atoms with Gasteiger partial charge in [-0.3, -0.25) is 0 Å². The summed E-state index contributed by atoms with van der Waals surface area (Å²) in [5.74, 6) is 1.37. The van der Waals surface area contributed by atoms with E-state index in [0.29, 0.717) is 34.2 Å². The maximum Gasteiger partial charge on any atom is 0.164 e. The summed E-state index contributed by atoms with van der Waals surface area (Å²) >= 11 is 0. The highest BCUT2D eigenvalue weighted by Gasteiger charge is 2.26. The third-order valence-electron chi connectivity index (χ3n) is 17.7. The molecule has 0 saturated heterocycles. The lowest BCUT2D eigenvalue weighted by molar-refractivity contribution is 0.590. The summed E-state index contributed by atoms with van der Waals surface area (Å²) in [5, 5.41) is 35.4.